The van der Waals surface area contributed by atoms with Crippen LogP contribution in [0.1, 0.15) is 35.7 Å². The third-order valence-electron chi connectivity index (χ3n) is 2.17. The fourth-order valence-electron chi connectivity index (χ4n) is 1.26. The summed E-state index contributed by atoms with van der Waals surface area (Å²) < 4.78 is 18.4. The molecule has 1 N–H and O–H groups in total. The molecule has 0 saturated carbocycles. The molecule has 0 unspecified atom stereocenters. The summed E-state index contributed by atoms with van der Waals surface area (Å²) in [6, 6.07) is 4.00. The van der Waals surface area contributed by atoms with Gasteiger partial charge in [-0.3, -0.25) is 0 Å². The highest BCUT2D eigenvalue weighted by molar-refractivity contribution is 5.88. The van der Waals surface area contributed by atoms with E-state index in [0.29, 0.717) is 18.8 Å². The van der Waals surface area contributed by atoms with Crippen LogP contribution in [-0.4, -0.2) is 17.7 Å². The van der Waals surface area contributed by atoms with E-state index >= 15 is 0 Å². The van der Waals surface area contributed by atoms with Gasteiger partial charge in [0.25, 0.3) is 0 Å². The summed E-state index contributed by atoms with van der Waals surface area (Å²) in [6.07, 6.45) is 2.01. The molecule has 0 aliphatic carbocycles. The minimum Gasteiger partial charge on any atom is -0.478 e. The van der Waals surface area contributed by atoms with Gasteiger partial charge in [0.2, 0.25) is 0 Å². The zero-order chi connectivity index (χ0) is 12.0. The lowest BCUT2D eigenvalue weighted by Gasteiger charge is -2.05. The quantitative estimate of drug-likeness (QED) is 0.759. The van der Waals surface area contributed by atoms with Crippen molar-refractivity contribution in [2.75, 3.05) is 6.61 Å². The van der Waals surface area contributed by atoms with E-state index in [0.717, 1.165) is 18.9 Å². The maximum atomic E-state index is 13.0. The summed E-state index contributed by atoms with van der Waals surface area (Å²) in [5, 5.41) is 8.72. The average molecular weight is 226 g/mol. The predicted molar refractivity (Wildman–Crippen MR) is 57.9 cm³/mol. The molecule has 0 fully saturated rings. The van der Waals surface area contributed by atoms with Crippen molar-refractivity contribution in [2.24, 2.45) is 0 Å². The van der Waals surface area contributed by atoms with Crippen LogP contribution >= 0.6 is 0 Å². The Morgan fingerprint density at radius 1 is 1.50 bits per heavy atom. The molecule has 4 heteroatoms. The first-order chi connectivity index (χ1) is 7.65. The first kappa shape index (κ1) is 12.6. The molecule has 0 atom stereocenters. The van der Waals surface area contributed by atoms with Crippen LogP contribution in [0.15, 0.2) is 18.2 Å². The van der Waals surface area contributed by atoms with Crippen molar-refractivity contribution >= 4 is 5.97 Å². The first-order valence-corrected chi connectivity index (χ1v) is 5.24. The molecule has 16 heavy (non-hydrogen) atoms. The number of aromatic carboxylic acids is 1. The van der Waals surface area contributed by atoms with Gasteiger partial charge < -0.3 is 9.84 Å². The molecule has 0 heterocycles. The van der Waals surface area contributed by atoms with E-state index in [9.17, 15) is 9.18 Å². The van der Waals surface area contributed by atoms with E-state index < -0.39 is 11.8 Å². The number of unbranched alkanes of at least 4 members (excludes halogenated alkanes) is 1. The molecular weight excluding hydrogens is 211 g/mol. The van der Waals surface area contributed by atoms with Crippen LogP contribution in [0.4, 0.5) is 4.39 Å². The molecule has 1 aromatic carbocycles. The molecule has 0 aliphatic rings. The molecule has 0 aliphatic heterocycles. The monoisotopic (exact) mass is 226 g/mol. The molecule has 88 valence electrons. The first-order valence-electron chi connectivity index (χ1n) is 5.24. The zero-order valence-electron chi connectivity index (χ0n) is 9.20. The number of carbonyl (C=O) groups is 1. The largest absolute Gasteiger partial charge is 0.478 e. The Kier molecular flexibility index (Phi) is 4.92. The highest BCUT2D eigenvalue weighted by Crippen LogP contribution is 2.11. The van der Waals surface area contributed by atoms with E-state index in [2.05, 4.69) is 6.92 Å². The number of benzene rings is 1. The van der Waals surface area contributed by atoms with Crippen LogP contribution in [0.2, 0.25) is 0 Å². The number of ether oxygens (including phenoxy) is 1. The van der Waals surface area contributed by atoms with E-state index in [1.807, 2.05) is 0 Å². The van der Waals surface area contributed by atoms with Crippen molar-refractivity contribution in [3.63, 3.8) is 0 Å². The number of hydrogen-bond donors (Lipinski definition) is 1. The van der Waals surface area contributed by atoms with Crippen LogP contribution < -0.4 is 0 Å². The Hall–Kier alpha value is -1.42. The third kappa shape index (κ3) is 3.62. The normalized spacial score (nSPS) is 10.4. The highest BCUT2D eigenvalue weighted by Gasteiger charge is 2.10. The van der Waals surface area contributed by atoms with Crippen molar-refractivity contribution in [3.8, 4) is 0 Å². The predicted octanol–water partition coefficient (Wildman–Crippen LogP) is 2.84. The molecule has 0 aromatic heterocycles. The summed E-state index contributed by atoms with van der Waals surface area (Å²) in [5.41, 5.74) is 0.367. The Bertz CT molecular complexity index is 363. The van der Waals surface area contributed by atoms with Crippen LogP contribution in [0.3, 0.4) is 0 Å². The lowest BCUT2D eigenvalue weighted by Crippen LogP contribution is -2.03. The molecule has 0 spiro atoms. The number of rotatable bonds is 6. The molecule has 0 saturated heterocycles. The minimum atomic E-state index is -1.26. The third-order valence-corrected chi connectivity index (χ3v) is 2.17. The van der Waals surface area contributed by atoms with E-state index in [-0.39, 0.29) is 5.56 Å². The molecule has 1 aromatic rings. The Balaban J connectivity index is 2.61. The Morgan fingerprint density at radius 3 is 2.88 bits per heavy atom. The van der Waals surface area contributed by atoms with Gasteiger partial charge >= 0.3 is 5.97 Å². The zero-order valence-corrected chi connectivity index (χ0v) is 9.20. The second-order valence-electron chi connectivity index (χ2n) is 3.53. The van der Waals surface area contributed by atoms with Gasteiger partial charge in [0.15, 0.2) is 0 Å². The van der Waals surface area contributed by atoms with Gasteiger partial charge in [-0.25, -0.2) is 9.18 Å². The van der Waals surface area contributed by atoms with E-state index in [4.69, 9.17) is 9.84 Å². The summed E-state index contributed by atoms with van der Waals surface area (Å²) >= 11 is 0. The lowest BCUT2D eigenvalue weighted by atomic mass is 10.1. The number of hydrogen-bond acceptors (Lipinski definition) is 2. The van der Waals surface area contributed by atoms with Crippen molar-refractivity contribution < 1.29 is 19.0 Å². The van der Waals surface area contributed by atoms with Crippen LogP contribution in [0, 0.1) is 5.82 Å². The van der Waals surface area contributed by atoms with Crippen molar-refractivity contribution in [2.45, 2.75) is 26.4 Å². The number of halogens is 1. The Labute approximate surface area is 93.9 Å². The summed E-state index contributed by atoms with van der Waals surface area (Å²) in [5.74, 6) is -1.97. The number of carboxylic acid groups (broad SMARTS) is 1. The highest BCUT2D eigenvalue weighted by atomic mass is 19.1. The van der Waals surface area contributed by atoms with Crippen LogP contribution in [0.25, 0.3) is 0 Å². The van der Waals surface area contributed by atoms with Gasteiger partial charge in [-0.05, 0) is 24.1 Å². The fraction of sp³-hybridized carbons (Fsp3) is 0.417. The van der Waals surface area contributed by atoms with Crippen LogP contribution in [-0.2, 0) is 11.3 Å². The topological polar surface area (TPSA) is 46.5 Å². The van der Waals surface area contributed by atoms with Crippen molar-refractivity contribution in [1.82, 2.24) is 0 Å². The van der Waals surface area contributed by atoms with Gasteiger partial charge in [0.05, 0.1) is 12.2 Å². The summed E-state index contributed by atoms with van der Waals surface area (Å²) in [7, 11) is 0. The second-order valence-corrected chi connectivity index (χ2v) is 3.53. The van der Waals surface area contributed by atoms with Gasteiger partial charge in [-0.15, -0.1) is 0 Å². The standard InChI is InChI=1S/C12H15FO3/c1-2-3-6-16-8-9-4-5-11(13)10(7-9)12(14)15/h4-5,7H,2-3,6,8H2,1H3,(H,14,15). The summed E-state index contributed by atoms with van der Waals surface area (Å²) in [4.78, 5) is 10.7. The van der Waals surface area contributed by atoms with Gasteiger partial charge in [-0.1, -0.05) is 19.4 Å². The minimum absolute atomic E-state index is 0.309. The maximum absolute atomic E-state index is 13.0. The molecule has 0 bridgehead atoms. The SMILES string of the molecule is CCCCOCc1ccc(F)c(C(=O)O)c1. The van der Waals surface area contributed by atoms with Gasteiger partial charge in [0.1, 0.15) is 5.82 Å². The maximum Gasteiger partial charge on any atom is 0.338 e. The molecule has 1 rings (SSSR count). The van der Waals surface area contributed by atoms with Gasteiger partial charge in [-0.2, -0.15) is 0 Å². The average Bonchev–Trinajstić information content (AvgIpc) is 2.26. The van der Waals surface area contributed by atoms with Gasteiger partial charge in [0, 0.05) is 6.61 Å². The summed E-state index contributed by atoms with van der Waals surface area (Å²) in [6.45, 7) is 3.01. The van der Waals surface area contributed by atoms with E-state index in [1.165, 1.54) is 12.1 Å². The molecular formula is C12H15FO3. The fourth-order valence-corrected chi connectivity index (χ4v) is 1.26. The molecule has 0 amide bonds. The second kappa shape index (κ2) is 6.23. The molecule has 0 radical (unpaired) electrons. The lowest BCUT2D eigenvalue weighted by molar-refractivity contribution is 0.0691. The van der Waals surface area contributed by atoms with E-state index in [1.54, 1.807) is 0 Å². The van der Waals surface area contributed by atoms with Crippen LogP contribution in [0.5, 0.6) is 0 Å². The Morgan fingerprint density at radius 2 is 2.25 bits per heavy atom. The smallest absolute Gasteiger partial charge is 0.338 e. The van der Waals surface area contributed by atoms with Crippen molar-refractivity contribution in [3.05, 3.63) is 35.1 Å². The molecule has 3 nitrogen and oxygen atoms in total. The number of carboxylic acids is 1. The van der Waals surface area contributed by atoms with Crippen molar-refractivity contribution in [1.29, 1.82) is 0 Å².